The Balaban J connectivity index is 1.75. The topological polar surface area (TPSA) is 70.7 Å². The Labute approximate surface area is 159 Å². The second-order valence-corrected chi connectivity index (χ2v) is 6.88. The summed E-state index contributed by atoms with van der Waals surface area (Å²) in [4.78, 5) is 26.4. The highest BCUT2D eigenvalue weighted by Gasteiger charge is 2.22. The molecule has 1 heterocycles. The van der Waals surface area contributed by atoms with Gasteiger partial charge >= 0.3 is 6.03 Å². The van der Waals surface area contributed by atoms with Crippen LogP contribution in [0, 0.1) is 13.8 Å². The number of methoxy groups -OCH3 is 1. The number of amides is 3. The lowest BCUT2D eigenvalue weighted by atomic mass is 10.0. The van der Waals surface area contributed by atoms with Crippen molar-refractivity contribution in [3.8, 4) is 0 Å². The van der Waals surface area contributed by atoms with Gasteiger partial charge < -0.3 is 20.3 Å². The lowest BCUT2D eigenvalue weighted by molar-refractivity contribution is -0.122. The van der Waals surface area contributed by atoms with Gasteiger partial charge in [-0.25, -0.2) is 4.79 Å². The predicted molar refractivity (Wildman–Crippen MR) is 108 cm³/mol. The lowest BCUT2D eigenvalue weighted by Crippen LogP contribution is -2.37. The summed E-state index contributed by atoms with van der Waals surface area (Å²) in [6, 6.07) is 11.3. The van der Waals surface area contributed by atoms with Crippen molar-refractivity contribution in [2.75, 3.05) is 35.8 Å². The van der Waals surface area contributed by atoms with Crippen LogP contribution in [-0.4, -0.2) is 32.2 Å². The molecule has 0 aliphatic carbocycles. The zero-order valence-corrected chi connectivity index (χ0v) is 16.0. The molecule has 0 radical (unpaired) electrons. The van der Waals surface area contributed by atoms with E-state index in [-0.39, 0.29) is 18.5 Å². The Morgan fingerprint density at radius 2 is 1.74 bits per heavy atom. The molecule has 1 aliphatic rings. The molecule has 0 atom stereocenters. The number of benzene rings is 2. The summed E-state index contributed by atoms with van der Waals surface area (Å²) in [5.41, 5.74) is 5.52. The van der Waals surface area contributed by atoms with Crippen LogP contribution in [0.4, 0.5) is 21.9 Å². The van der Waals surface area contributed by atoms with Crippen molar-refractivity contribution >= 4 is 29.0 Å². The quantitative estimate of drug-likeness (QED) is 0.862. The van der Waals surface area contributed by atoms with E-state index in [4.69, 9.17) is 4.74 Å². The van der Waals surface area contributed by atoms with E-state index >= 15 is 0 Å². The number of nitrogens with zero attached hydrogens (tertiary/aromatic N) is 1. The third-order valence-electron chi connectivity index (χ3n) is 4.51. The van der Waals surface area contributed by atoms with Crippen molar-refractivity contribution in [1.29, 1.82) is 0 Å². The number of anilines is 3. The third-order valence-corrected chi connectivity index (χ3v) is 4.51. The summed E-state index contributed by atoms with van der Waals surface area (Å²) in [6.45, 7) is 4.69. The molecule has 3 rings (SSSR count). The van der Waals surface area contributed by atoms with Gasteiger partial charge in [0.25, 0.3) is 5.91 Å². The molecule has 0 aromatic heterocycles. The maximum Gasteiger partial charge on any atom is 0.323 e. The van der Waals surface area contributed by atoms with E-state index in [2.05, 4.69) is 16.7 Å². The van der Waals surface area contributed by atoms with E-state index in [0.717, 1.165) is 40.9 Å². The van der Waals surface area contributed by atoms with Crippen molar-refractivity contribution < 1.29 is 14.3 Å². The van der Waals surface area contributed by atoms with Crippen LogP contribution in [0.1, 0.15) is 23.1 Å². The molecule has 3 amide bonds. The monoisotopic (exact) mass is 367 g/mol. The normalized spacial score (nSPS) is 13.1. The van der Waals surface area contributed by atoms with Gasteiger partial charge in [-0.2, -0.15) is 0 Å². The van der Waals surface area contributed by atoms with E-state index in [1.807, 2.05) is 44.2 Å². The molecule has 0 saturated heterocycles. The van der Waals surface area contributed by atoms with E-state index in [1.54, 1.807) is 4.90 Å². The summed E-state index contributed by atoms with van der Waals surface area (Å²) < 4.78 is 4.98. The SMILES string of the molecule is COCC(=O)N1CCCc2ccc(NC(=O)Nc3cc(C)cc(C)c3)cc21. The molecule has 0 spiro atoms. The Kier molecular flexibility index (Phi) is 5.76. The van der Waals surface area contributed by atoms with Crippen LogP contribution >= 0.6 is 0 Å². The second-order valence-electron chi connectivity index (χ2n) is 6.88. The van der Waals surface area contributed by atoms with E-state index in [9.17, 15) is 9.59 Å². The molecule has 0 bridgehead atoms. The minimum absolute atomic E-state index is 0.0459. The van der Waals surface area contributed by atoms with Crippen LogP contribution in [0.5, 0.6) is 0 Å². The number of ether oxygens (including phenoxy) is 1. The molecule has 142 valence electrons. The Hall–Kier alpha value is -2.86. The van der Waals surface area contributed by atoms with Gasteiger partial charge in [0, 0.05) is 30.7 Å². The predicted octanol–water partition coefficient (Wildman–Crippen LogP) is 3.87. The van der Waals surface area contributed by atoms with Gasteiger partial charge in [0.05, 0.1) is 0 Å². The Morgan fingerprint density at radius 3 is 2.44 bits per heavy atom. The molecule has 1 aliphatic heterocycles. The number of aryl methyl sites for hydroxylation is 3. The van der Waals surface area contributed by atoms with Crippen LogP contribution in [0.15, 0.2) is 36.4 Å². The van der Waals surface area contributed by atoms with Crippen LogP contribution in [-0.2, 0) is 16.0 Å². The van der Waals surface area contributed by atoms with Crippen molar-refractivity contribution in [3.63, 3.8) is 0 Å². The second kappa shape index (κ2) is 8.22. The molecule has 2 aromatic carbocycles. The van der Waals surface area contributed by atoms with E-state index in [0.29, 0.717) is 12.2 Å². The van der Waals surface area contributed by atoms with Crippen LogP contribution in [0.25, 0.3) is 0 Å². The highest BCUT2D eigenvalue weighted by atomic mass is 16.5. The molecular formula is C21H25N3O3. The van der Waals surface area contributed by atoms with Gasteiger partial charge in [-0.05, 0) is 67.6 Å². The zero-order valence-electron chi connectivity index (χ0n) is 16.0. The van der Waals surface area contributed by atoms with Gasteiger partial charge in [-0.1, -0.05) is 12.1 Å². The lowest BCUT2D eigenvalue weighted by Gasteiger charge is -2.29. The number of carbonyl (C=O) groups is 2. The van der Waals surface area contributed by atoms with Crippen molar-refractivity contribution in [2.45, 2.75) is 26.7 Å². The fourth-order valence-corrected chi connectivity index (χ4v) is 3.45. The average Bonchev–Trinajstić information content (AvgIpc) is 2.60. The maximum atomic E-state index is 12.4. The molecule has 6 nitrogen and oxygen atoms in total. The maximum absolute atomic E-state index is 12.4. The number of hydrogen-bond donors (Lipinski definition) is 2. The van der Waals surface area contributed by atoms with E-state index in [1.165, 1.54) is 7.11 Å². The first-order valence-corrected chi connectivity index (χ1v) is 9.05. The molecule has 0 unspecified atom stereocenters. The molecule has 6 heteroatoms. The molecular weight excluding hydrogens is 342 g/mol. The highest BCUT2D eigenvalue weighted by molar-refractivity contribution is 6.01. The molecule has 0 fully saturated rings. The first kappa shape index (κ1) is 18.9. The number of urea groups is 1. The minimum atomic E-state index is -0.314. The number of carbonyl (C=O) groups excluding carboxylic acids is 2. The number of hydrogen-bond acceptors (Lipinski definition) is 3. The zero-order chi connectivity index (χ0) is 19.4. The number of rotatable bonds is 4. The van der Waals surface area contributed by atoms with Gasteiger partial charge in [0.15, 0.2) is 0 Å². The summed E-state index contributed by atoms with van der Waals surface area (Å²) in [6.07, 6.45) is 1.84. The smallest absolute Gasteiger partial charge is 0.323 e. The fraction of sp³-hybridized carbons (Fsp3) is 0.333. The minimum Gasteiger partial charge on any atom is -0.375 e. The van der Waals surface area contributed by atoms with Gasteiger partial charge in [0.2, 0.25) is 0 Å². The fourth-order valence-electron chi connectivity index (χ4n) is 3.45. The van der Waals surface area contributed by atoms with Gasteiger partial charge in [0.1, 0.15) is 6.61 Å². The molecule has 0 saturated carbocycles. The van der Waals surface area contributed by atoms with Gasteiger partial charge in [-0.3, -0.25) is 4.79 Å². The summed E-state index contributed by atoms with van der Waals surface area (Å²) in [7, 11) is 1.51. The number of fused-ring (bicyclic) bond motifs is 1. The van der Waals surface area contributed by atoms with Crippen LogP contribution in [0.2, 0.25) is 0 Å². The Morgan fingerprint density at radius 1 is 1.04 bits per heavy atom. The van der Waals surface area contributed by atoms with Crippen molar-refractivity contribution in [2.24, 2.45) is 0 Å². The van der Waals surface area contributed by atoms with Crippen LogP contribution in [0.3, 0.4) is 0 Å². The molecule has 2 aromatic rings. The third kappa shape index (κ3) is 4.65. The largest absolute Gasteiger partial charge is 0.375 e. The summed E-state index contributed by atoms with van der Waals surface area (Å²) >= 11 is 0. The standard InChI is InChI=1S/C21H25N3O3/c1-14-9-15(2)11-18(10-14)23-21(26)22-17-7-6-16-5-4-8-24(19(16)12-17)20(25)13-27-3/h6-7,9-12H,4-5,8,13H2,1-3H3,(H2,22,23,26). The summed E-state index contributed by atoms with van der Waals surface area (Å²) in [5.74, 6) is -0.0738. The van der Waals surface area contributed by atoms with Crippen molar-refractivity contribution in [3.05, 3.63) is 53.1 Å². The first-order valence-electron chi connectivity index (χ1n) is 9.05. The van der Waals surface area contributed by atoms with E-state index < -0.39 is 0 Å². The van der Waals surface area contributed by atoms with Crippen molar-refractivity contribution in [1.82, 2.24) is 0 Å². The van der Waals surface area contributed by atoms with Gasteiger partial charge in [-0.15, -0.1) is 0 Å². The highest BCUT2D eigenvalue weighted by Crippen LogP contribution is 2.30. The molecule has 27 heavy (non-hydrogen) atoms. The Bertz CT molecular complexity index is 843. The molecule has 2 N–H and O–H groups in total. The first-order chi connectivity index (χ1) is 13.0. The number of nitrogens with one attached hydrogen (secondary N) is 2. The summed E-state index contributed by atoms with van der Waals surface area (Å²) in [5, 5.41) is 5.71. The average molecular weight is 367 g/mol. The van der Waals surface area contributed by atoms with Crippen LogP contribution < -0.4 is 15.5 Å².